The monoisotopic (exact) mass is 292 g/mol. The van der Waals surface area contributed by atoms with Crippen LogP contribution in [0.3, 0.4) is 0 Å². The van der Waals surface area contributed by atoms with Gasteiger partial charge in [-0.1, -0.05) is 60.8 Å². The van der Waals surface area contributed by atoms with Crippen LogP contribution in [-0.2, 0) is 0 Å². The highest BCUT2D eigenvalue weighted by atomic mass is 14.6. The van der Waals surface area contributed by atoms with Crippen molar-refractivity contribution >= 4 is 0 Å². The molecule has 0 heterocycles. The summed E-state index contributed by atoms with van der Waals surface area (Å²) < 4.78 is 0. The lowest BCUT2D eigenvalue weighted by Crippen LogP contribution is -2.31. The molecule has 0 aliphatic heterocycles. The van der Waals surface area contributed by atoms with Crippen LogP contribution in [0.2, 0.25) is 0 Å². The first-order valence-corrected chi connectivity index (χ1v) is 9.88. The van der Waals surface area contributed by atoms with E-state index in [0.717, 1.165) is 40.9 Å². The van der Waals surface area contributed by atoms with Crippen LogP contribution in [0, 0.1) is 40.9 Å². The summed E-state index contributed by atoms with van der Waals surface area (Å²) in [5.41, 5.74) is 0.734. The van der Waals surface area contributed by atoms with Gasteiger partial charge in [0.15, 0.2) is 0 Å². The van der Waals surface area contributed by atoms with Crippen molar-refractivity contribution < 1.29 is 0 Å². The molecular weight excluding hydrogens is 252 g/mol. The third-order valence-electron chi connectivity index (χ3n) is 7.24. The molecule has 0 spiro atoms. The van der Waals surface area contributed by atoms with Crippen molar-refractivity contribution in [3.05, 3.63) is 0 Å². The summed E-state index contributed by atoms with van der Waals surface area (Å²) in [4.78, 5) is 0. The minimum Gasteiger partial charge on any atom is -0.0654 e. The zero-order valence-electron chi connectivity index (χ0n) is 15.6. The highest BCUT2D eigenvalue weighted by Crippen LogP contribution is 2.62. The quantitative estimate of drug-likeness (QED) is 0.432. The molecule has 21 heavy (non-hydrogen) atoms. The molecule has 2 saturated carbocycles. The van der Waals surface area contributed by atoms with Crippen LogP contribution in [0.25, 0.3) is 0 Å². The van der Waals surface area contributed by atoms with E-state index in [2.05, 4.69) is 41.5 Å². The van der Waals surface area contributed by atoms with Crippen LogP contribution < -0.4 is 0 Å². The molecule has 0 heteroatoms. The minimum atomic E-state index is 0.734. The van der Waals surface area contributed by atoms with Crippen molar-refractivity contribution in [1.29, 1.82) is 0 Å². The molecule has 0 aromatic carbocycles. The first kappa shape index (κ1) is 17.4. The average molecular weight is 293 g/mol. The molecule has 0 amide bonds. The molecule has 124 valence electrons. The van der Waals surface area contributed by atoms with Crippen molar-refractivity contribution in [3.8, 4) is 0 Å². The zero-order valence-corrected chi connectivity index (χ0v) is 15.6. The Morgan fingerprint density at radius 1 is 1.05 bits per heavy atom. The summed E-state index contributed by atoms with van der Waals surface area (Å²) in [6.07, 6.45) is 12.0. The summed E-state index contributed by atoms with van der Waals surface area (Å²) in [5, 5.41) is 0. The maximum atomic E-state index is 2.56. The van der Waals surface area contributed by atoms with E-state index in [1.54, 1.807) is 12.8 Å². The molecule has 0 N–H and O–H groups in total. The second-order valence-corrected chi connectivity index (χ2v) is 9.31. The second-order valence-electron chi connectivity index (χ2n) is 9.31. The van der Waals surface area contributed by atoms with Gasteiger partial charge in [-0.15, -0.1) is 0 Å². The SMILES string of the molecule is CCCCC1CC(C(C)CC2(CC(C)C(C)C)CC2C)C1. The first-order valence-electron chi connectivity index (χ1n) is 9.88. The molecule has 2 fully saturated rings. The Morgan fingerprint density at radius 3 is 2.14 bits per heavy atom. The van der Waals surface area contributed by atoms with Crippen molar-refractivity contribution in [2.75, 3.05) is 0 Å². The van der Waals surface area contributed by atoms with Gasteiger partial charge >= 0.3 is 0 Å². The van der Waals surface area contributed by atoms with Crippen LogP contribution in [0.1, 0.15) is 92.9 Å². The Kier molecular flexibility index (Phi) is 5.83. The smallest absolute Gasteiger partial charge is 0.0264 e. The first-order chi connectivity index (χ1) is 9.88. The van der Waals surface area contributed by atoms with Gasteiger partial charge in [0.2, 0.25) is 0 Å². The van der Waals surface area contributed by atoms with Gasteiger partial charge in [0.25, 0.3) is 0 Å². The molecular formula is C21H40. The average Bonchev–Trinajstić information content (AvgIpc) is 2.96. The van der Waals surface area contributed by atoms with Crippen molar-refractivity contribution in [2.24, 2.45) is 40.9 Å². The fourth-order valence-electron chi connectivity index (χ4n) is 4.87. The van der Waals surface area contributed by atoms with Gasteiger partial charge < -0.3 is 0 Å². The summed E-state index contributed by atoms with van der Waals surface area (Å²) in [5.74, 6) is 5.88. The van der Waals surface area contributed by atoms with Gasteiger partial charge in [0, 0.05) is 0 Å². The van der Waals surface area contributed by atoms with Crippen molar-refractivity contribution in [2.45, 2.75) is 92.9 Å². The van der Waals surface area contributed by atoms with Gasteiger partial charge in [0.05, 0.1) is 0 Å². The minimum absolute atomic E-state index is 0.734. The third kappa shape index (κ3) is 4.26. The van der Waals surface area contributed by atoms with E-state index in [1.807, 2.05) is 0 Å². The summed E-state index contributed by atoms with van der Waals surface area (Å²) in [7, 11) is 0. The normalized spacial score (nSPS) is 38.1. The zero-order chi connectivity index (χ0) is 15.6. The summed E-state index contributed by atoms with van der Waals surface area (Å²) >= 11 is 0. The lowest BCUT2D eigenvalue weighted by molar-refractivity contribution is 0.0961. The van der Waals surface area contributed by atoms with E-state index in [0.29, 0.717) is 0 Å². The predicted octanol–water partition coefficient (Wildman–Crippen LogP) is 6.94. The molecule has 0 aromatic heterocycles. The molecule has 0 aromatic rings. The Hall–Kier alpha value is 0. The van der Waals surface area contributed by atoms with Gasteiger partial charge in [-0.2, -0.15) is 0 Å². The van der Waals surface area contributed by atoms with Crippen LogP contribution in [0.15, 0.2) is 0 Å². The molecule has 2 rings (SSSR count). The molecule has 0 nitrogen and oxygen atoms in total. The molecule has 4 atom stereocenters. The molecule has 0 bridgehead atoms. The number of unbranched alkanes of at least 4 members (excludes halogenated alkanes) is 1. The number of hydrogen-bond donors (Lipinski definition) is 0. The molecule has 4 unspecified atom stereocenters. The van der Waals surface area contributed by atoms with E-state index >= 15 is 0 Å². The van der Waals surface area contributed by atoms with Crippen LogP contribution in [-0.4, -0.2) is 0 Å². The van der Waals surface area contributed by atoms with Gasteiger partial charge in [-0.3, -0.25) is 0 Å². The number of rotatable bonds is 9. The number of hydrogen-bond acceptors (Lipinski definition) is 0. The maximum Gasteiger partial charge on any atom is -0.0264 e. The van der Waals surface area contributed by atoms with E-state index < -0.39 is 0 Å². The highest BCUT2D eigenvalue weighted by Gasteiger charge is 2.52. The van der Waals surface area contributed by atoms with Crippen molar-refractivity contribution in [3.63, 3.8) is 0 Å². The fourth-order valence-corrected chi connectivity index (χ4v) is 4.87. The lowest BCUT2D eigenvalue weighted by atomic mass is 9.64. The topological polar surface area (TPSA) is 0 Å². The largest absolute Gasteiger partial charge is 0.0654 e. The summed E-state index contributed by atoms with van der Waals surface area (Å²) in [6.45, 7) is 14.7. The van der Waals surface area contributed by atoms with E-state index in [1.165, 1.54) is 38.5 Å². The van der Waals surface area contributed by atoms with Gasteiger partial charge in [-0.05, 0) is 73.0 Å². The Labute approximate surface area is 134 Å². The maximum absolute atomic E-state index is 2.56. The highest BCUT2D eigenvalue weighted by molar-refractivity contribution is 5.02. The molecule has 2 aliphatic rings. The second kappa shape index (κ2) is 7.05. The Morgan fingerprint density at radius 2 is 1.67 bits per heavy atom. The Balaban J connectivity index is 1.75. The van der Waals surface area contributed by atoms with E-state index in [9.17, 15) is 0 Å². The molecule has 2 aliphatic carbocycles. The van der Waals surface area contributed by atoms with Crippen LogP contribution in [0.4, 0.5) is 0 Å². The Bertz CT molecular complexity index is 312. The lowest BCUT2D eigenvalue weighted by Gasteiger charge is -2.41. The van der Waals surface area contributed by atoms with Gasteiger partial charge in [0.1, 0.15) is 0 Å². The molecule has 0 radical (unpaired) electrons. The predicted molar refractivity (Wildman–Crippen MR) is 94.4 cm³/mol. The fraction of sp³-hybridized carbons (Fsp3) is 1.00. The van der Waals surface area contributed by atoms with Crippen LogP contribution >= 0.6 is 0 Å². The van der Waals surface area contributed by atoms with Gasteiger partial charge in [-0.25, -0.2) is 0 Å². The van der Waals surface area contributed by atoms with E-state index in [-0.39, 0.29) is 0 Å². The third-order valence-corrected chi connectivity index (χ3v) is 7.24. The summed E-state index contributed by atoms with van der Waals surface area (Å²) in [6, 6.07) is 0. The van der Waals surface area contributed by atoms with E-state index in [4.69, 9.17) is 0 Å². The van der Waals surface area contributed by atoms with Crippen molar-refractivity contribution in [1.82, 2.24) is 0 Å². The molecule has 0 saturated heterocycles. The standard InChI is InChI=1S/C21H40/c1-7-8-9-19-10-20(11-19)17(5)13-21(14-18(21)6)12-16(4)15(2)3/h15-20H,7-14H2,1-6H3. The van der Waals surface area contributed by atoms with Crippen LogP contribution in [0.5, 0.6) is 0 Å².